The lowest BCUT2D eigenvalue weighted by atomic mass is 10.4. The van der Waals surface area contributed by atoms with Crippen LogP contribution in [0, 0.1) is 6.92 Å². The summed E-state index contributed by atoms with van der Waals surface area (Å²) in [6, 6.07) is 5.28. The average molecular weight is 219 g/mol. The second-order valence-electron chi connectivity index (χ2n) is 2.45. The van der Waals surface area contributed by atoms with Crippen LogP contribution in [0.25, 0.3) is 0 Å². The lowest BCUT2D eigenvalue weighted by Crippen LogP contribution is -2.19. The summed E-state index contributed by atoms with van der Waals surface area (Å²) in [6.07, 6.45) is 0. The first-order valence-corrected chi connectivity index (χ1v) is 4.49. The van der Waals surface area contributed by atoms with E-state index in [4.69, 9.17) is 23.2 Å². The number of anilines is 1. The fourth-order valence-corrected chi connectivity index (χ4v) is 0.903. The summed E-state index contributed by atoms with van der Waals surface area (Å²) in [7, 11) is 0. The number of hydrogen-bond donors (Lipinski definition) is 1. The van der Waals surface area contributed by atoms with Gasteiger partial charge in [-0.1, -0.05) is 29.3 Å². The number of alkyl halides is 2. The Morgan fingerprint density at radius 3 is 2.77 bits per heavy atom. The van der Waals surface area contributed by atoms with Crippen LogP contribution in [0.2, 0.25) is 0 Å². The standard InChI is InChI=1S/C8H8Cl2N2O/c1-5-3-2-4-6(11-5)12-8(13)7(9)10/h2-4,7H,1H3,(H,11,12,13). The normalized spacial score (nSPS) is 10.2. The first kappa shape index (κ1) is 10.3. The molecule has 70 valence electrons. The van der Waals surface area contributed by atoms with Crippen LogP contribution in [0.1, 0.15) is 5.69 Å². The van der Waals surface area contributed by atoms with Crippen LogP contribution in [-0.4, -0.2) is 15.7 Å². The zero-order valence-corrected chi connectivity index (χ0v) is 8.43. The van der Waals surface area contributed by atoms with Crippen LogP contribution in [0.5, 0.6) is 0 Å². The molecule has 0 aliphatic rings. The van der Waals surface area contributed by atoms with Crippen molar-refractivity contribution in [2.75, 3.05) is 5.32 Å². The van der Waals surface area contributed by atoms with E-state index in [9.17, 15) is 4.79 Å². The maximum Gasteiger partial charge on any atom is 0.258 e. The van der Waals surface area contributed by atoms with E-state index in [0.717, 1.165) is 5.69 Å². The maximum absolute atomic E-state index is 11.0. The smallest absolute Gasteiger partial charge is 0.258 e. The highest BCUT2D eigenvalue weighted by Crippen LogP contribution is 2.08. The summed E-state index contributed by atoms with van der Waals surface area (Å²) in [5, 5.41) is 2.47. The molecular formula is C8H8Cl2N2O. The highest BCUT2D eigenvalue weighted by atomic mass is 35.5. The van der Waals surface area contributed by atoms with E-state index in [-0.39, 0.29) is 0 Å². The molecule has 1 heterocycles. The van der Waals surface area contributed by atoms with Gasteiger partial charge in [0.15, 0.2) is 4.84 Å². The van der Waals surface area contributed by atoms with Crippen LogP contribution in [-0.2, 0) is 4.79 Å². The largest absolute Gasteiger partial charge is 0.308 e. The lowest BCUT2D eigenvalue weighted by molar-refractivity contribution is -0.114. The van der Waals surface area contributed by atoms with E-state index in [1.54, 1.807) is 12.1 Å². The van der Waals surface area contributed by atoms with Gasteiger partial charge in [-0.25, -0.2) is 4.98 Å². The summed E-state index contributed by atoms with van der Waals surface area (Å²) in [4.78, 5) is 14.0. The number of hydrogen-bond acceptors (Lipinski definition) is 2. The SMILES string of the molecule is Cc1cccc(NC(=O)C(Cl)Cl)n1. The van der Waals surface area contributed by atoms with Crippen LogP contribution < -0.4 is 5.32 Å². The molecule has 1 aromatic heterocycles. The molecule has 1 N–H and O–H groups in total. The fraction of sp³-hybridized carbons (Fsp3) is 0.250. The van der Waals surface area contributed by atoms with Crippen molar-refractivity contribution < 1.29 is 4.79 Å². The average Bonchev–Trinajstić information content (AvgIpc) is 2.04. The Kier molecular flexibility index (Phi) is 3.51. The van der Waals surface area contributed by atoms with E-state index in [0.29, 0.717) is 5.82 Å². The van der Waals surface area contributed by atoms with Gasteiger partial charge in [0.1, 0.15) is 5.82 Å². The van der Waals surface area contributed by atoms with Gasteiger partial charge in [-0.15, -0.1) is 0 Å². The zero-order chi connectivity index (χ0) is 9.84. The summed E-state index contributed by atoms with van der Waals surface area (Å²) >= 11 is 10.7. The van der Waals surface area contributed by atoms with Gasteiger partial charge in [0, 0.05) is 5.69 Å². The number of aryl methyl sites for hydroxylation is 1. The number of carbonyl (C=O) groups is 1. The van der Waals surface area contributed by atoms with Crippen LogP contribution in [0.15, 0.2) is 18.2 Å². The molecule has 0 aliphatic carbocycles. The van der Waals surface area contributed by atoms with E-state index in [1.165, 1.54) is 0 Å². The number of nitrogens with zero attached hydrogens (tertiary/aromatic N) is 1. The lowest BCUT2D eigenvalue weighted by Gasteiger charge is -2.04. The molecule has 0 spiro atoms. The Balaban J connectivity index is 2.69. The van der Waals surface area contributed by atoms with Gasteiger partial charge in [-0.2, -0.15) is 0 Å². The second-order valence-corrected chi connectivity index (χ2v) is 3.55. The molecule has 0 atom stereocenters. The minimum absolute atomic E-state index is 0.455. The molecule has 3 nitrogen and oxygen atoms in total. The van der Waals surface area contributed by atoms with E-state index in [2.05, 4.69) is 10.3 Å². The summed E-state index contributed by atoms with van der Waals surface area (Å²) < 4.78 is 0. The van der Waals surface area contributed by atoms with Crippen molar-refractivity contribution in [2.24, 2.45) is 0 Å². The van der Waals surface area contributed by atoms with Crippen molar-refractivity contribution in [3.05, 3.63) is 23.9 Å². The number of carbonyl (C=O) groups excluding carboxylic acids is 1. The van der Waals surface area contributed by atoms with Crippen molar-refractivity contribution in [3.63, 3.8) is 0 Å². The van der Waals surface area contributed by atoms with Gasteiger partial charge < -0.3 is 5.32 Å². The minimum atomic E-state index is -1.07. The molecule has 0 unspecified atom stereocenters. The van der Waals surface area contributed by atoms with Crippen molar-refractivity contribution in [3.8, 4) is 0 Å². The highest BCUT2D eigenvalue weighted by molar-refractivity contribution is 6.54. The molecule has 0 saturated heterocycles. The highest BCUT2D eigenvalue weighted by Gasteiger charge is 2.11. The van der Waals surface area contributed by atoms with Gasteiger partial charge >= 0.3 is 0 Å². The van der Waals surface area contributed by atoms with Crippen molar-refractivity contribution in [1.29, 1.82) is 0 Å². The molecule has 1 rings (SSSR count). The van der Waals surface area contributed by atoms with Crippen LogP contribution in [0.3, 0.4) is 0 Å². The fourth-order valence-electron chi connectivity index (χ4n) is 0.793. The molecule has 0 bridgehead atoms. The molecule has 0 radical (unpaired) electrons. The maximum atomic E-state index is 11.0. The molecular weight excluding hydrogens is 211 g/mol. The molecule has 0 fully saturated rings. The number of pyridine rings is 1. The van der Waals surface area contributed by atoms with E-state index in [1.807, 2.05) is 13.0 Å². The first-order chi connectivity index (χ1) is 6.09. The Labute approximate surface area is 86.1 Å². The summed E-state index contributed by atoms with van der Waals surface area (Å²) in [6.45, 7) is 1.83. The first-order valence-electron chi connectivity index (χ1n) is 3.62. The van der Waals surface area contributed by atoms with Crippen molar-refractivity contribution in [1.82, 2.24) is 4.98 Å². The summed E-state index contributed by atoms with van der Waals surface area (Å²) in [5.41, 5.74) is 0.818. The van der Waals surface area contributed by atoms with Gasteiger partial charge in [0.05, 0.1) is 0 Å². The molecule has 1 amide bonds. The monoisotopic (exact) mass is 218 g/mol. The molecule has 0 aliphatic heterocycles. The Morgan fingerprint density at radius 2 is 2.23 bits per heavy atom. The molecule has 1 aromatic rings. The zero-order valence-electron chi connectivity index (χ0n) is 6.92. The van der Waals surface area contributed by atoms with Gasteiger partial charge in [-0.3, -0.25) is 4.79 Å². The number of aromatic nitrogens is 1. The number of amides is 1. The third-order valence-electron chi connectivity index (χ3n) is 1.34. The quantitative estimate of drug-likeness (QED) is 0.774. The third kappa shape index (κ3) is 3.20. The molecule has 0 aromatic carbocycles. The van der Waals surface area contributed by atoms with Crippen molar-refractivity contribution in [2.45, 2.75) is 11.8 Å². The van der Waals surface area contributed by atoms with Crippen LogP contribution in [0.4, 0.5) is 5.82 Å². The Morgan fingerprint density at radius 1 is 1.54 bits per heavy atom. The molecule has 13 heavy (non-hydrogen) atoms. The molecule has 0 saturated carbocycles. The Bertz CT molecular complexity index is 315. The third-order valence-corrected chi connectivity index (χ3v) is 1.73. The predicted molar refractivity (Wildman–Crippen MR) is 53.1 cm³/mol. The number of nitrogens with one attached hydrogen (secondary N) is 1. The summed E-state index contributed by atoms with van der Waals surface area (Å²) in [5.74, 6) is -0.0160. The topological polar surface area (TPSA) is 42.0 Å². The van der Waals surface area contributed by atoms with Gasteiger partial charge in [0.25, 0.3) is 5.91 Å². The number of halogens is 2. The van der Waals surface area contributed by atoms with Gasteiger partial charge in [0.2, 0.25) is 0 Å². The van der Waals surface area contributed by atoms with E-state index >= 15 is 0 Å². The van der Waals surface area contributed by atoms with Crippen LogP contribution >= 0.6 is 23.2 Å². The minimum Gasteiger partial charge on any atom is -0.308 e. The Hall–Kier alpha value is -0.800. The predicted octanol–water partition coefficient (Wildman–Crippen LogP) is 2.13. The van der Waals surface area contributed by atoms with Gasteiger partial charge in [-0.05, 0) is 19.1 Å². The number of rotatable bonds is 2. The van der Waals surface area contributed by atoms with Crippen molar-refractivity contribution >= 4 is 34.9 Å². The van der Waals surface area contributed by atoms with E-state index < -0.39 is 10.7 Å². The second kappa shape index (κ2) is 4.44. The molecule has 5 heteroatoms.